The fourth-order valence-corrected chi connectivity index (χ4v) is 3.63. The number of halogens is 4. The van der Waals surface area contributed by atoms with Crippen molar-refractivity contribution in [3.05, 3.63) is 64.1 Å². The molecule has 25 heavy (non-hydrogen) atoms. The van der Waals surface area contributed by atoms with E-state index in [4.69, 9.17) is 23.2 Å². The molecule has 2 rings (SSSR count). The lowest BCUT2D eigenvalue weighted by Gasteiger charge is -2.26. The van der Waals surface area contributed by atoms with Gasteiger partial charge >= 0.3 is 3.92 Å². The van der Waals surface area contributed by atoms with Gasteiger partial charge in [-0.3, -0.25) is 4.79 Å². The summed E-state index contributed by atoms with van der Waals surface area (Å²) in [6, 6.07) is 14.2. The second kappa shape index (κ2) is 7.87. The summed E-state index contributed by atoms with van der Waals surface area (Å²) in [5.41, 5.74) is 1.76. The fraction of sp³-hybridized carbons (Fsp3) is 0.278. The summed E-state index contributed by atoms with van der Waals surface area (Å²) in [7, 11) is 0. The zero-order valence-electron chi connectivity index (χ0n) is 13.9. The third kappa shape index (κ3) is 5.61. The molecule has 2 aromatic rings. The van der Waals surface area contributed by atoms with Gasteiger partial charge < -0.3 is 0 Å². The Labute approximate surface area is 169 Å². The Morgan fingerprint density at radius 1 is 1.12 bits per heavy atom. The molecule has 1 amide bonds. The first-order valence-electron chi connectivity index (χ1n) is 7.44. The molecule has 134 valence electrons. The third-order valence-corrected chi connectivity index (χ3v) is 5.30. The van der Waals surface area contributed by atoms with Crippen molar-refractivity contribution in [2.45, 2.75) is 30.1 Å². The standard InChI is InChI=1S/C18H17BrCl2FNOS/c1-17(2,3)12-7-6-8-13(11-12)23(25-18(20,21)22)16(24)14-9-4-5-10-15(14)19/h4-11H,1-3H3. The molecule has 0 atom stereocenters. The molecule has 0 aliphatic rings. The highest BCUT2D eigenvalue weighted by atomic mass is 79.9. The molecule has 2 aromatic carbocycles. The average molecular weight is 465 g/mol. The molecule has 0 unspecified atom stereocenters. The van der Waals surface area contributed by atoms with E-state index in [9.17, 15) is 9.18 Å². The van der Waals surface area contributed by atoms with Crippen molar-refractivity contribution in [2.24, 2.45) is 0 Å². The highest BCUT2D eigenvalue weighted by molar-refractivity contribution is 9.10. The number of carbonyl (C=O) groups excluding carboxylic acids is 1. The van der Waals surface area contributed by atoms with Crippen molar-refractivity contribution in [3.63, 3.8) is 0 Å². The lowest BCUT2D eigenvalue weighted by molar-refractivity contribution is 0.101. The number of rotatable bonds is 4. The van der Waals surface area contributed by atoms with Gasteiger partial charge in [0.2, 0.25) is 0 Å². The predicted octanol–water partition coefficient (Wildman–Crippen LogP) is 7.10. The van der Waals surface area contributed by atoms with Crippen LogP contribution in [0.15, 0.2) is 53.0 Å². The van der Waals surface area contributed by atoms with Gasteiger partial charge in [-0.2, -0.15) is 4.39 Å². The maximum Gasteiger partial charge on any atom is 0.324 e. The van der Waals surface area contributed by atoms with Crippen LogP contribution < -0.4 is 4.31 Å². The second-order valence-corrected chi connectivity index (χ2v) is 10.1. The minimum atomic E-state index is -2.64. The van der Waals surface area contributed by atoms with E-state index in [0.717, 1.165) is 5.56 Å². The number of hydrogen-bond acceptors (Lipinski definition) is 2. The molecule has 0 bridgehead atoms. The Morgan fingerprint density at radius 3 is 2.32 bits per heavy atom. The van der Waals surface area contributed by atoms with Crippen LogP contribution in [-0.2, 0) is 5.41 Å². The van der Waals surface area contributed by atoms with Crippen LogP contribution in [-0.4, -0.2) is 9.83 Å². The van der Waals surface area contributed by atoms with Gasteiger partial charge in [0, 0.05) is 16.4 Å². The fourth-order valence-electron chi connectivity index (χ4n) is 2.16. The monoisotopic (exact) mass is 463 g/mol. The van der Waals surface area contributed by atoms with E-state index in [0.29, 0.717) is 27.7 Å². The van der Waals surface area contributed by atoms with E-state index in [1.54, 1.807) is 30.3 Å². The summed E-state index contributed by atoms with van der Waals surface area (Å²) >= 11 is 14.8. The van der Waals surface area contributed by atoms with Gasteiger partial charge in [0.25, 0.3) is 5.91 Å². The van der Waals surface area contributed by atoms with Crippen molar-refractivity contribution in [2.75, 3.05) is 4.31 Å². The molecule has 0 aromatic heterocycles. The van der Waals surface area contributed by atoms with E-state index >= 15 is 0 Å². The highest BCUT2D eigenvalue weighted by Crippen LogP contribution is 2.42. The molecule has 7 heteroatoms. The maximum absolute atomic E-state index is 13.9. The zero-order chi connectivity index (χ0) is 18.8. The largest absolute Gasteiger partial charge is 0.324 e. The number of anilines is 1. The molecular weight excluding hydrogens is 448 g/mol. The van der Waals surface area contributed by atoms with Crippen molar-refractivity contribution in [3.8, 4) is 0 Å². The van der Waals surface area contributed by atoms with Crippen molar-refractivity contribution in [1.82, 2.24) is 0 Å². The van der Waals surface area contributed by atoms with Crippen LogP contribution in [0.4, 0.5) is 10.1 Å². The van der Waals surface area contributed by atoms with Crippen molar-refractivity contribution >= 4 is 62.7 Å². The lowest BCUT2D eigenvalue weighted by Crippen LogP contribution is -2.28. The van der Waals surface area contributed by atoms with Crippen LogP contribution in [0.1, 0.15) is 36.7 Å². The molecule has 0 spiro atoms. The second-order valence-electron chi connectivity index (χ2n) is 6.42. The Hall–Kier alpha value is -0.750. The third-order valence-electron chi connectivity index (χ3n) is 3.43. The SMILES string of the molecule is CC(C)(C)c1cccc(N(SC(F)(Cl)Cl)C(=O)c2ccccc2Br)c1. The van der Waals surface area contributed by atoms with Crippen LogP contribution in [0, 0.1) is 0 Å². The molecule has 0 radical (unpaired) electrons. The Balaban J connectivity index is 2.51. The van der Waals surface area contributed by atoms with Crippen LogP contribution in [0.5, 0.6) is 0 Å². The predicted molar refractivity (Wildman–Crippen MR) is 109 cm³/mol. The van der Waals surface area contributed by atoms with Crippen molar-refractivity contribution < 1.29 is 9.18 Å². The number of hydrogen-bond donors (Lipinski definition) is 0. The molecule has 0 saturated heterocycles. The topological polar surface area (TPSA) is 20.3 Å². The maximum atomic E-state index is 13.9. The smallest absolute Gasteiger partial charge is 0.268 e. The number of nitrogens with zero attached hydrogens (tertiary/aromatic N) is 1. The van der Waals surface area contributed by atoms with Crippen LogP contribution in [0.3, 0.4) is 0 Å². The first kappa shape index (κ1) is 20.6. The molecule has 0 saturated carbocycles. The summed E-state index contributed by atoms with van der Waals surface area (Å²) in [6.07, 6.45) is 0. The van der Waals surface area contributed by atoms with Crippen molar-refractivity contribution in [1.29, 1.82) is 0 Å². The van der Waals surface area contributed by atoms with Gasteiger partial charge in [0.15, 0.2) is 0 Å². The molecule has 2 nitrogen and oxygen atoms in total. The molecule has 0 heterocycles. The quantitative estimate of drug-likeness (QED) is 0.355. The summed E-state index contributed by atoms with van der Waals surface area (Å²) in [5, 5.41) is 0. The van der Waals surface area contributed by atoms with Gasteiger partial charge in [0.05, 0.1) is 11.3 Å². The van der Waals surface area contributed by atoms with E-state index in [2.05, 4.69) is 36.7 Å². The number of benzene rings is 2. The molecule has 0 N–H and O–H groups in total. The summed E-state index contributed by atoms with van der Waals surface area (Å²) in [5.74, 6) is -0.424. The Bertz CT molecular complexity index is 774. The van der Waals surface area contributed by atoms with Gasteiger partial charge in [-0.15, -0.1) is 0 Å². The van der Waals surface area contributed by atoms with E-state index in [1.807, 2.05) is 18.2 Å². The molecule has 0 aliphatic heterocycles. The van der Waals surface area contributed by atoms with Gasteiger partial charge in [0.1, 0.15) is 0 Å². The molecule has 0 fully saturated rings. The summed E-state index contributed by atoms with van der Waals surface area (Å²) in [4.78, 5) is 13.0. The minimum Gasteiger partial charge on any atom is -0.268 e. The normalized spacial score (nSPS) is 12.1. The molecular formula is C18H17BrCl2FNOS. The number of amides is 1. The first-order valence-corrected chi connectivity index (χ1v) is 9.77. The highest BCUT2D eigenvalue weighted by Gasteiger charge is 2.33. The number of carbonyl (C=O) groups is 1. The van der Waals surface area contributed by atoms with Crippen LogP contribution >= 0.6 is 51.1 Å². The minimum absolute atomic E-state index is 0.128. The Kier molecular flexibility index (Phi) is 6.47. The van der Waals surface area contributed by atoms with E-state index in [1.165, 1.54) is 4.31 Å². The number of alkyl halides is 3. The summed E-state index contributed by atoms with van der Waals surface area (Å²) in [6.45, 7) is 6.17. The first-order chi connectivity index (χ1) is 11.5. The zero-order valence-corrected chi connectivity index (χ0v) is 17.8. The Morgan fingerprint density at radius 2 is 1.76 bits per heavy atom. The van der Waals surface area contributed by atoms with E-state index < -0.39 is 9.83 Å². The molecule has 0 aliphatic carbocycles. The van der Waals surface area contributed by atoms with Gasteiger partial charge in [-0.1, -0.05) is 68.2 Å². The van der Waals surface area contributed by atoms with Crippen LogP contribution in [0.2, 0.25) is 0 Å². The lowest BCUT2D eigenvalue weighted by atomic mass is 9.87. The average Bonchev–Trinajstić information content (AvgIpc) is 2.51. The van der Waals surface area contributed by atoms with Crippen LogP contribution in [0.25, 0.3) is 0 Å². The van der Waals surface area contributed by atoms with E-state index in [-0.39, 0.29) is 5.41 Å². The summed E-state index contributed by atoms with van der Waals surface area (Å²) < 4.78 is 13.1. The van der Waals surface area contributed by atoms with Gasteiger partial charge in [-0.05, 0) is 51.2 Å². The van der Waals surface area contributed by atoms with Gasteiger partial charge in [-0.25, -0.2) is 4.31 Å².